The molecule has 1 N–H and O–H groups in total. The van der Waals surface area contributed by atoms with Gasteiger partial charge in [0.15, 0.2) is 11.2 Å². The van der Waals surface area contributed by atoms with Gasteiger partial charge in [-0.05, 0) is 79.9 Å². The van der Waals surface area contributed by atoms with Crippen molar-refractivity contribution >= 4 is 22.8 Å². The number of imidazole rings is 1. The molecule has 8 heteroatoms. The molecule has 0 amide bonds. The van der Waals surface area contributed by atoms with Crippen molar-refractivity contribution in [3.05, 3.63) is 83.4 Å². The number of hydrogen-bond donors (Lipinski definition) is 1. The van der Waals surface area contributed by atoms with E-state index in [2.05, 4.69) is 49.5 Å². The lowest BCUT2D eigenvalue weighted by Gasteiger charge is -2.15. The zero-order valence-electron chi connectivity index (χ0n) is 19.9. The van der Waals surface area contributed by atoms with Crippen molar-refractivity contribution in [2.45, 2.75) is 20.8 Å². The molecule has 172 valence electrons. The average molecular weight is 462 g/mol. The average Bonchev–Trinajstić information content (AvgIpc) is 3.23. The summed E-state index contributed by atoms with van der Waals surface area (Å²) < 4.78 is 8.19. The number of aromatic nitrogens is 5. The molecular formula is C27H23N7O. The van der Waals surface area contributed by atoms with Gasteiger partial charge in [0, 0.05) is 30.2 Å². The van der Waals surface area contributed by atoms with E-state index >= 15 is 0 Å². The maximum absolute atomic E-state index is 9.03. The first-order valence-electron chi connectivity index (χ1n) is 11.1. The number of nitrogens with one attached hydrogen (secondary N) is 1. The van der Waals surface area contributed by atoms with Gasteiger partial charge in [-0.15, -0.1) is 0 Å². The summed E-state index contributed by atoms with van der Waals surface area (Å²) in [5.74, 6) is 1.46. The molecule has 0 atom stereocenters. The zero-order valence-corrected chi connectivity index (χ0v) is 19.9. The van der Waals surface area contributed by atoms with Crippen molar-refractivity contribution < 1.29 is 4.74 Å². The highest BCUT2D eigenvalue weighted by molar-refractivity contribution is 5.79. The first-order valence-corrected chi connectivity index (χ1v) is 11.1. The second-order valence-corrected chi connectivity index (χ2v) is 8.42. The number of rotatable bonds is 5. The minimum Gasteiger partial charge on any atom is -0.436 e. The molecule has 8 nitrogen and oxygen atoms in total. The van der Waals surface area contributed by atoms with Crippen LogP contribution in [-0.4, -0.2) is 24.5 Å². The van der Waals surface area contributed by atoms with Gasteiger partial charge < -0.3 is 14.6 Å². The summed E-state index contributed by atoms with van der Waals surface area (Å²) >= 11 is 0. The normalized spacial score (nSPS) is 10.8. The van der Waals surface area contributed by atoms with Crippen LogP contribution in [0.5, 0.6) is 11.6 Å². The van der Waals surface area contributed by atoms with Crippen molar-refractivity contribution in [3.8, 4) is 28.8 Å². The number of hydrogen-bond acceptors (Lipinski definition) is 7. The lowest BCUT2D eigenvalue weighted by Crippen LogP contribution is -2.02. The fourth-order valence-corrected chi connectivity index (χ4v) is 3.88. The summed E-state index contributed by atoms with van der Waals surface area (Å²) in [6.45, 7) is 6.00. The highest BCUT2D eigenvalue weighted by Gasteiger charge is 2.17. The van der Waals surface area contributed by atoms with E-state index in [1.165, 1.54) is 0 Å². The second-order valence-electron chi connectivity index (χ2n) is 8.42. The van der Waals surface area contributed by atoms with Crippen molar-refractivity contribution in [2.75, 3.05) is 5.32 Å². The van der Waals surface area contributed by atoms with Gasteiger partial charge in [-0.3, -0.25) is 4.98 Å². The lowest BCUT2D eigenvalue weighted by molar-refractivity contribution is 0.461. The Morgan fingerprint density at radius 1 is 0.914 bits per heavy atom. The van der Waals surface area contributed by atoms with Crippen LogP contribution in [0.1, 0.15) is 22.4 Å². The molecule has 0 unspecified atom stereocenters. The van der Waals surface area contributed by atoms with E-state index in [4.69, 9.17) is 10.00 Å². The summed E-state index contributed by atoms with van der Waals surface area (Å²) in [5, 5.41) is 12.2. The van der Waals surface area contributed by atoms with Crippen LogP contribution in [0.3, 0.4) is 0 Å². The predicted octanol–water partition coefficient (Wildman–Crippen LogP) is 5.76. The Kier molecular flexibility index (Phi) is 5.59. The Morgan fingerprint density at radius 2 is 1.66 bits per heavy atom. The Bertz CT molecular complexity index is 1560. The molecule has 0 spiro atoms. The van der Waals surface area contributed by atoms with E-state index in [1.807, 2.05) is 56.8 Å². The van der Waals surface area contributed by atoms with E-state index in [9.17, 15) is 0 Å². The highest BCUT2D eigenvalue weighted by Crippen LogP contribution is 2.35. The molecule has 0 aliphatic heterocycles. The summed E-state index contributed by atoms with van der Waals surface area (Å²) in [6.07, 6.45) is 3.57. The standard InChI is InChI=1S/C27H23N7O/c1-16-11-21(20-8-5-18(3)29-14-20)12-17(2)24(16)35-26-23-25(34(4)15-30-23)32-27(33-26)31-22-9-6-19(13-28)7-10-22/h5-12,14-15H,1-4H3,(H,31,32,33). The van der Waals surface area contributed by atoms with Gasteiger partial charge in [0.2, 0.25) is 5.95 Å². The summed E-state index contributed by atoms with van der Waals surface area (Å²) in [5.41, 5.74) is 7.63. The van der Waals surface area contributed by atoms with Gasteiger partial charge in [-0.2, -0.15) is 15.2 Å². The summed E-state index contributed by atoms with van der Waals surface area (Å²) in [7, 11) is 1.87. The van der Waals surface area contributed by atoms with Crippen LogP contribution >= 0.6 is 0 Å². The van der Waals surface area contributed by atoms with Gasteiger partial charge in [0.1, 0.15) is 5.75 Å². The third-order valence-corrected chi connectivity index (χ3v) is 5.70. The number of fused-ring (bicyclic) bond motifs is 1. The first kappa shape index (κ1) is 22.0. The van der Waals surface area contributed by atoms with Crippen molar-refractivity contribution in [3.63, 3.8) is 0 Å². The molecule has 0 aliphatic carbocycles. The van der Waals surface area contributed by atoms with Gasteiger partial charge in [-0.1, -0.05) is 6.07 Å². The molecule has 0 aliphatic rings. The van der Waals surface area contributed by atoms with Gasteiger partial charge in [-0.25, -0.2) is 4.98 Å². The molecule has 0 bridgehead atoms. The lowest BCUT2D eigenvalue weighted by atomic mass is 10.0. The molecular weight excluding hydrogens is 438 g/mol. The minimum atomic E-state index is 0.364. The van der Waals surface area contributed by atoms with Crippen LogP contribution in [-0.2, 0) is 7.05 Å². The highest BCUT2D eigenvalue weighted by atomic mass is 16.5. The molecule has 35 heavy (non-hydrogen) atoms. The van der Waals surface area contributed by atoms with E-state index in [0.29, 0.717) is 28.6 Å². The first-order chi connectivity index (χ1) is 16.9. The Balaban J connectivity index is 1.52. The molecule has 0 radical (unpaired) electrons. The molecule has 3 aromatic heterocycles. The van der Waals surface area contributed by atoms with Gasteiger partial charge >= 0.3 is 0 Å². The molecule has 0 saturated heterocycles. The maximum atomic E-state index is 9.03. The Morgan fingerprint density at radius 3 is 2.31 bits per heavy atom. The van der Waals surface area contributed by atoms with Crippen LogP contribution in [0.25, 0.3) is 22.3 Å². The predicted molar refractivity (Wildman–Crippen MR) is 135 cm³/mol. The third-order valence-electron chi connectivity index (χ3n) is 5.70. The van der Waals surface area contributed by atoms with Crippen LogP contribution in [0.15, 0.2) is 61.1 Å². The van der Waals surface area contributed by atoms with Gasteiger partial charge in [0.05, 0.1) is 18.0 Å². The number of ether oxygens (including phenoxy) is 1. The zero-order chi connectivity index (χ0) is 24.5. The second kappa shape index (κ2) is 8.88. The monoisotopic (exact) mass is 461 g/mol. The van der Waals surface area contributed by atoms with E-state index in [1.54, 1.807) is 18.5 Å². The van der Waals surface area contributed by atoms with Gasteiger partial charge in [0.25, 0.3) is 5.88 Å². The van der Waals surface area contributed by atoms with E-state index in [0.717, 1.165) is 39.4 Å². The van der Waals surface area contributed by atoms with Crippen molar-refractivity contribution in [2.24, 2.45) is 7.05 Å². The maximum Gasteiger partial charge on any atom is 0.252 e. The Hall–Kier alpha value is -4.77. The quantitative estimate of drug-likeness (QED) is 0.355. The van der Waals surface area contributed by atoms with Crippen molar-refractivity contribution in [1.29, 1.82) is 5.26 Å². The van der Waals surface area contributed by atoms with Crippen LogP contribution in [0.4, 0.5) is 11.6 Å². The van der Waals surface area contributed by atoms with E-state index < -0.39 is 0 Å². The molecule has 0 saturated carbocycles. The fourth-order valence-electron chi connectivity index (χ4n) is 3.88. The number of aryl methyl sites for hydroxylation is 4. The molecule has 3 heterocycles. The topological polar surface area (TPSA) is 102 Å². The number of nitrogens with zero attached hydrogens (tertiary/aromatic N) is 6. The van der Waals surface area contributed by atoms with Crippen LogP contribution in [0.2, 0.25) is 0 Å². The molecule has 2 aromatic carbocycles. The number of benzene rings is 2. The van der Waals surface area contributed by atoms with Crippen LogP contribution < -0.4 is 10.1 Å². The third kappa shape index (κ3) is 4.39. The minimum absolute atomic E-state index is 0.364. The molecule has 5 aromatic rings. The molecule has 5 rings (SSSR count). The number of anilines is 2. The van der Waals surface area contributed by atoms with E-state index in [-0.39, 0.29) is 0 Å². The van der Waals surface area contributed by atoms with Crippen molar-refractivity contribution in [1.82, 2.24) is 24.5 Å². The Labute approximate surface area is 202 Å². The smallest absolute Gasteiger partial charge is 0.252 e. The summed E-state index contributed by atoms with van der Waals surface area (Å²) in [4.78, 5) is 18.1. The number of pyridine rings is 1. The fraction of sp³-hybridized carbons (Fsp3) is 0.148. The number of nitriles is 1. The SMILES string of the molecule is Cc1ccc(-c2cc(C)c(Oc3nc(Nc4ccc(C#N)cc4)nc4c3ncn4C)c(C)c2)cn1. The largest absolute Gasteiger partial charge is 0.436 e. The van der Waals surface area contributed by atoms with Crippen LogP contribution in [0, 0.1) is 32.1 Å². The summed E-state index contributed by atoms with van der Waals surface area (Å²) in [6, 6.07) is 17.4. The molecule has 0 fully saturated rings.